The molecule has 1 aliphatic heterocycles. The molecule has 0 amide bonds. The molecule has 10 heteroatoms. The third-order valence-corrected chi connectivity index (χ3v) is 4.73. The first-order valence-corrected chi connectivity index (χ1v) is 7.78. The number of alkyl halides is 3. The molecule has 4 nitrogen and oxygen atoms in total. The summed E-state index contributed by atoms with van der Waals surface area (Å²) in [7, 11) is -4.10. The van der Waals surface area contributed by atoms with Crippen LogP contribution in [0, 0.1) is 5.82 Å². The van der Waals surface area contributed by atoms with Crippen LogP contribution in [0.2, 0.25) is 0 Å². The molecule has 0 unspecified atom stereocenters. The van der Waals surface area contributed by atoms with Crippen molar-refractivity contribution in [3.8, 4) is 0 Å². The summed E-state index contributed by atoms with van der Waals surface area (Å²) in [6.07, 6.45) is -3.84. The van der Waals surface area contributed by atoms with Gasteiger partial charge in [-0.15, -0.1) is 12.4 Å². The molecule has 0 aromatic heterocycles. The van der Waals surface area contributed by atoms with Gasteiger partial charge in [0.25, 0.3) is 0 Å². The van der Waals surface area contributed by atoms with Gasteiger partial charge >= 0.3 is 6.18 Å². The van der Waals surface area contributed by atoms with E-state index in [1.807, 2.05) is 0 Å². The maximum atomic E-state index is 13.2. The smallest absolute Gasteiger partial charge is 0.317 e. The quantitative estimate of drug-likeness (QED) is 0.811. The van der Waals surface area contributed by atoms with Crippen molar-refractivity contribution >= 4 is 22.4 Å². The van der Waals surface area contributed by atoms with Crippen molar-refractivity contribution in [2.45, 2.75) is 30.0 Å². The van der Waals surface area contributed by atoms with Crippen molar-refractivity contribution in [2.24, 2.45) is 0 Å². The van der Waals surface area contributed by atoms with Gasteiger partial charge in [0.1, 0.15) is 5.82 Å². The van der Waals surface area contributed by atoms with Gasteiger partial charge in [-0.25, -0.2) is 17.5 Å². The van der Waals surface area contributed by atoms with Crippen molar-refractivity contribution in [2.75, 3.05) is 13.1 Å². The van der Waals surface area contributed by atoms with E-state index < -0.39 is 32.5 Å². The summed E-state index contributed by atoms with van der Waals surface area (Å²) in [4.78, 5) is -0.588. The van der Waals surface area contributed by atoms with Crippen LogP contribution < -0.4 is 10.0 Å². The lowest BCUT2D eigenvalue weighted by molar-refractivity contribution is -0.140. The Morgan fingerprint density at radius 3 is 2.32 bits per heavy atom. The molecule has 0 aliphatic carbocycles. The first kappa shape index (κ1) is 19.1. The Bertz CT molecular complexity index is 616. The Balaban J connectivity index is 0.00000242. The SMILES string of the molecule is Cl.O=S(=O)(NC1CCNCC1)c1ccc(F)c(C(F)(F)F)c1. The van der Waals surface area contributed by atoms with Gasteiger partial charge in [0.15, 0.2) is 0 Å². The second-order valence-corrected chi connectivity index (χ2v) is 6.50. The van der Waals surface area contributed by atoms with Gasteiger partial charge in [-0.2, -0.15) is 13.2 Å². The van der Waals surface area contributed by atoms with Gasteiger partial charge in [-0.1, -0.05) is 0 Å². The molecule has 1 fully saturated rings. The van der Waals surface area contributed by atoms with Crippen LogP contribution in [-0.4, -0.2) is 27.5 Å². The van der Waals surface area contributed by atoms with Gasteiger partial charge in [-0.3, -0.25) is 0 Å². The van der Waals surface area contributed by atoms with Crippen molar-refractivity contribution < 1.29 is 26.0 Å². The minimum atomic E-state index is -4.94. The summed E-state index contributed by atoms with van der Waals surface area (Å²) >= 11 is 0. The van der Waals surface area contributed by atoms with Gasteiger partial charge in [0.2, 0.25) is 10.0 Å². The van der Waals surface area contributed by atoms with Crippen molar-refractivity contribution in [1.82, 2.24) is 10.0 Å². The first-order chi connectivity index (χ1) is 9.70. The Morgan fingerprint density at radius 1 is 1.18 bits per heavy atom. The lowest BCUT2D eigenvalue weighted by atomic mass is 10.1. The zero-order valence-corrected chi connectivity index (χ0v) is 12.9. The predicted octanol–water partition coefficient (Wildman–Crippen LogP) is 2.30. The summed E-state index contributed by atoms with van der Waals surface area (Å²) in [6.45, 7) is 1.26. The standard InChI is InChI=1S/C12H14F4N2O2S.ClH/c13-11-2-1-9(7-10(11)12(14,15)16)21(19,20)18-8-3-5-17-6-4-8;/h1-2,7-8,17-18H,3-6H2;1H. The molecule has 2 rings (SSSR count). The zero-order chi connectivity index (χ0) is 15.7. The van der Waals surface area contributed by atoms with Gasteiger partial charge < -0.3 is 5.32 Å². The molecule has 0 saturated carbocycles. The molecule has 2 N–H and O–H groups in total. The highest BCUT2D eigenvalue weighted by molar-refractivity contribution is 7.89. The molecule has 0 bridgehead atoms. The average molecular weight is 363 g/mol. The van der Waals surface area contributed by atoms with Crippen molar-refractivity contribution in [1.29, 1.82) is 0 Å². The predicted molar refractivity (Wildman–Crippen MR) is 74.9 cm³/mol. The van der Waals surface area contributed by atoms with E-state index in [-0.39, 0.29) is 18.4 Å². The molecule has 1 aromatic carbocycles. The Hall–Kier alpha value is -0.900. The van der Waals surface area contributed by atoms with Crippen LogP contribution in [0.1, 0.15) is 18.4 Å². The molecule has 22 heavy (non-hydrogen) atoms. The van der Waals surface area contributed by atoms with Gasteiger partial charge in [0, 0.05) is 6.04 Å². The number of hydrogen-bond donors (Lipinski definition) is 2. The second-order valence-electron chi connectivity index (χ2n) is 4.78. The summed E-state index contributed by atoms with van der Waals surface area (Å²) in [5.41, 5.74) is -1.59. The lowest BCUT2D eigenvalue weighted by Crippen LogP contribution is -2.42. The third kappa shape index (κ3) is 4.55. The van der Waals surface area contributed by atoms with E-state index in [0.717, 1.165) is 6.07 Å². The highest BCUT2D eigenvalue weighted by atomic mass is 35.5. The minimum Gasteiger partial charge on any atom is -0.317 e. The fraction of sp³-hybridized carbons (Fsp3) is 0.500. The molecular weight excluding hydrogens is 348 g/mol. The maximum Gasteiger partial charge on any atom is 0.419 e. The number of sulfonamides is 1. The van der Waals surface area contributed by atoms with Crippen molar-refractivity contribution in [3.63, 3.8) is 0 Å². The fourth-order valence-electron chi connectivity index (χ4n) is 2.12. The first-order valence-electron chi connectivity index (χ1n) is 6.30. The van der Waals surface area contributed by atoms with E-state index in [9.17, 15) is 26.0 Å². The van der Waals surface area contributed by atoms with Crippen LogP contribution in [0.3, 0.4) is 0 Å². The summed E-state index contributed by atoms with van der Waals surface area (Å²) < 4.78 is 77.5. The molecule has 1 heterocycles. The molecule has 1 aromatic rings. The number of nitrogens with one attached hydrogen (secondary N) is 2. The number of piperidine rings is 1. The van der Waals surface area contributed by atoms with Crippen LogP contribution in [-0.2, 0) is 16.2 Å². The number of halogens is 5. The highest BCUT2D eigenvalue weighted by Gasteiger charge is 2.35. The normalized spacial score (nSPS) is 17.1. The number of hydrogen-bond acceptors (Lipinski definition) is 3. The summed E-state index contributed by atoms with van der Waals surface area (Å²) in [5.74, 6) is -1.50. The van der Waals surface area contributed by atoms with Crippen LogP contribution in [0.25, 0.3) is 0 Å². The second kappa shape index (κ2) is 7.12. The van der Waals surface area contributed by atoms with E-state index in [4.69, 9.17) is 0 Å². The van der Waals surface area contributed by atoms with Gasteiger partial charge in [-0.05, 0) is 44.1 Å². The number of rotatable bonds is 3. The average Bonchev–Trinajstić information content (AvgIpc) is 2.38. The molecular formula is C12H15ClF4N2O2S. The fourth-order valence-corrected chi connectivity index (χ4v) is 3.45. The molecule has 1 aliphatic rings. The topological polar surface area (TPSA) is 58.2 Å². The Labute approximate surface area is 131 Å². The monoisotopic (exact) mass is 362 g/mol. The molecule has 0 radical (unpaired) electrons. The van der Waals surface area contributed by atoms with E-state index in [2.05, 4.69) is 10.0 Å². The zero-order valence-electron chi connectivity index (χ0n) is 11.3. The Kier molecular flexibility index (Phi) is 6.19. The van der Waals surface area contributed by atoms with E-state index in [0.29, 0.717) is 38.1 Å². The van der Waals surface area contributed by atoms with Crippen LogP contribution in [0.5, 0.6) is 0 Å². The van der Waals surface area contributed by atoms with Crippen molar-refractivity contribution in [3.05, 3.63) is 29.6 Å². The third-order valence-electron chi connectivity index (χ3n) is 3.21. The minimum absolute atomic E-state index is 0. The van der Waals surface area contributed by atoms with E-state index in [1.54, 1.807) is 0 Å². The molecule has 0 atom stereocenters. The lowest BCUT2D eigenvalue weighted by Gasteiger charge is -2.23. The van der Waals surface area contributed by atoms with Crippen LogP contribution in [0.4, 0.5) is 17.6 Å². The molecule has 126 valence electrons. The van der Waals surface area contributed by atoms with Crippen LogP contribution >= 0.6 is 12.4 Å². The maximum absolute atomic E-state index is 13.2. The largest absolute Gasteiger partial charge is 0.419 e. The Morgan fingerprint density at radius 2 is 1.77 bits per heavy atom. The number of benzene rings is 1. The highest BCUT2D eigenvalue weighted by Crippen LogP contribution is 2.32. The molecule has 0 spiro atoms. The van der Waals surface area contributed by atoms with E-state index >= 15 is 0 Å². The summed E-state index contributed by atoms with van der Waals surface area (Å²) in [5, 5.41) is 3.04. The molecule has 1 saturated heterocycles. The summed E-state index contributed by atoms with van der Waals surface area (Å²) in [6, 6.07) is 1.32. The van der Waals surface area contributed by atoms with E-state index in [1.165, 1.54) is 0 Å². The van der Waals surface area contributed by atoms with Crippen LogP contribution in [0.15, 0.2) is 23.1 Å². The van der Waals surface area contributed by atoms with Gasteiger partial charge in [0.05, 0.1) is 10.5 Å².